The number of carbonyl (C=O) groups is 1. The van der Waals surface area contributed by atoms with E-state index in [1.165, 1.54) is 6.26 Å². The van der Waals surface area contributed by atoms with Crippen LogP contribution < -0.4 is 15.5 Å². The van der Waals surface area contributed by atoms with E-state index < -0.39 is 15.9 Å². The van der Waals surface area contributed by atoms with Crippen LogP contribution in [0.1, 0.15) is 18.4 Å². The number of piperidine rings is 1. The molecule has 2 aliphatic rings. The number of anilines is 2. The van der Waals surface area contributed by atoms with Gasteiger partial charge in [0.2, 0.25) is 0 Å². The summed E-state index contributed by atoms with van der Waals surface area (Å²) in [5.74, 6) is 0.00322. The predicted octanol–water partition coefficient (Wildman–Crippen LogP) is 3.98. The van der Waals surface area contributed by atoms with Crippen molar-refractivity contribution in [2.24, 2.45) is 5.73 Å². The number of amidine groups is 1. The third-order valence-electron chi connectivity index (χ3n) is 6.83. The lowest BCUT2D eigenvalue weighted by molar-refractivity contribution is -0.119. The number of amides is 1. The lowest BCUT2D eigenvalue weighted by Crippen LogP contribution is -2.55. The molecule has 3 N–H and O–H groups in total. The van der Waals surface area contributed by atoms with Gasteiger partial charge in [0.1, 0.15) is 11.9 Å². The number of hydrogen-bond acceptors (Lipinski definition) is 5. The molecule has 2 heterocycles. The van der Waals surface area contributed by atoms with Crippen molar-refractivity contribution in [2.45, 2.75) is 23.8 Å². The van der Waals surface area contributed by atoms with Gasteiger partial charge in [0.05, 0.1) is 4.90 Å². The van der Waals surface area contributed by atoms with Crippen LogP contribution in [0.15, 0.2) is 89.3 Å². The number of nitrogens with zero attached hydrogens (tertiary/aromatic N) is 2. The van der Waals surface area contributed by atoms with Crippen LogP contribution in [0.25, 0.3) is 11.1 Å². The summed E-state index contributed by atoms with van der Waals surface area (Å²) in [7, 11) is -3.37. The quantitative estimate of drug-likeness (QED) is 0.313. The number of sulfone groups is 1. The molecule has 0 radical (unpaired) electrons. The van der Waals surface area contributed by atoms with Gasteiger partial charge in [-0.1, -0.05) is 48.5 Å². The molecular weight excluding hydrogens is 472 g/mol. The maximum Gasteiger partial charge on any atom is 0.254 e. The molecule has 3 aromatic carbocycles. The SMILES string of the molecule is CS(=O)(=O)c1ccccc1-c1ccc(N2CC=C3CCCN(c4cccc(C(=N)N)c4)C3C2=O)cc1. The number of hydrogen-bond donors (Lipinski definition) is 2. The molecule has 5 rings (SSSR count). The average molecular weight is 501 g/mol. The van der Waals surface area contributed by atoms with E-state index in [0.717, 1.165) is 41.9 Å². The first-order chi connectivity index (χ1) is 17.2. The van der Waals surface area contributed by atoms with Crippen molar-refractivity contribution in [3.63, 3.8) is 0 Å². The zero-order valence-electron chi connectivity index (χ0n) is 20.0. The number of fused-ring (bicyclic) bond motifs is 1. The van der Waals surface area contributed by atoms with Crippen molar-refractivity contribution in [3.05, 3.63) is 90.0 Å². The number of rotatable bonds is 5. The summed E-state index contributed by atoms with van der Waals surface area (Å²) < 4.78 is 24.5. The second-order valence-electron chi connectivity index (χ2n) is 9.21. The maximum absolute atomic E-state index is 13.8. The smallest absolute Gasteiger partial charge is 0.254 e. The first-order valence-corrected chi connectivity index (χ1v) is 13.7. The lowest BCUT2D eigenvalue weighted by Gasteiger charge is -2.43. The first kappa shape index (κ1) is 23.8. The summed E-state index contributed by atoms with van der Waals surface area (Å²) in [5.41, 5.74) is 10.5. The normalized spacial score (nSPS) is 18.0. The predicted molar refractivity (Wildman–Crippen MR) is 143 cm³/mol. The van der Waals surface area contributed by atoms with Gasteiger partial charge in [-0.3, -0.25) is 10.2 Å². The highest BCUT2D eigenvalue weighted by atomic mass is 32.2. The molecule has 1 atom stereocenters. The van der Waals surface area contributed by atoms with Crippen LogP contribution in [-0.2, 0) is 14.6 Å². The first-order valence-electron chi connectivity index (χ1n) is 11.8. The van der Waals surface area contributed by atoms with Crippen LogP contribution in [0.3, 0.4) is 0 Å². The highest BCUT2D eigenvalue weighted by molar-refractivity contribution is 7.90. The molecule has 0 saturated carbocycles. The summed E-state index contributed by atoms with van der Waals surface area (Å²) in [6.45, 7) is 1.23. The Morgan fingerprint density at radius 1 is 1.00 bits per heavy atom. The zero-order valence-corrected chi connectivity index (χ0v) is 20.8. The largest absolute Gasteiger partial charge is 0.384 e. The van der Waals surface area contributed by atoms with E-state index in [1.54, 1.807) is 29.2 Å². The molecule has 3 aromatic rings. The van der Waals surface area contributed by atoms with Gasteiger partial charge < -0.3 is 15.5 Å². The topological polar surface area (TPSA) is 108 Å². The average Bonchev–Trinajstić information content (AvgIpc) is 2.88. The van der Waals surface area contributed by atoms with Crippen LogP contribution in [-0.4, -0.2) is 45.5 Å². The van der Waals surface area contributed by atoms with Crippen molar-refractivity contribution >= 4 is 33.0 Å². The molecule has 1 unspecified atom stereocenters. The monoisotopic (exact) mass is 500 g/mol. The standard InChI is InChI=1S/C28H28N4O3S/c1-36(34,35)25-10-3-2-9-24(25)19-11-13-22(14-12-19)32-17-15-20-7-5-16-31(26(20)28(32)33)23-8-4-6-21(18-23)27(29)30/h2-4,6,8-15,18,26H,5,7,16-17H2,1H3,(H3,29,30). The molecule has 0 spiro atoms. The highest BCUT2D eigenvalue weighted by Crippen LogP contribution is 2.35. The van der Waals surface area contributed by atoms with Gasteiger partial charge in [-0.2, -0.15) is 0 Å². The molecule has 1 fully saturated rings. The fraction of sp³-hybridized carbons (Fsp3) is 0.214. The van der Waals surface area contributed by atoms with Crippen molar-refractivity contribution < 1.29 is 13.2 Å². The summed E-state index contributed by atoms with van der Waals surface area (Å²) >= 11 is 0. The van der Waals surface area contributed by atoms with Gasteiger partial charge in [-0.15, -0.1) is 0 Å². The van der Waals surface area contributed by atoms with Crippen molar-refractivity contribution in [1.29, 1.82) is 5.41 Å². The van der Waals surface area contributed by atoms with Gasteiger partial charge in [0.25, 0.3) is 5.91 Å². The van der Waals surface area contributed by atoms with Crippen LogP contribution in [0.5, 0.6) is 0 Å². The lowest BCUT2D eigenvalue weighted by atomic mass is 9.90. The molecule has 184 valence electrons. The summed E-state index contributed by atoms with van der Waals surface area (Å²) in [6, 6.07) is 21.5. The van der Waals surface area contributed by atoms with E-state index in [1.807, 2.05) is 48.5 Å². The molecule has 0 aromatic heterocycles. The fourth-order valence-corrected chi connectivity index (χ4v) is 5.99. The second kappa shape index (κ2) is 9.28. The summed E-state index contributed by atoms with van der Waals surface area (Å²) in [4.78, 5) is 18.0. The van der Waals surface area contributed by atoms with Gasteiger partial charge in [0, 0.05) is 41.8 Å². The molecule has 2 aliphatic heterocycles. The number of nitrogen functional groups attached to an aromatic ring is 1. The molecule has 1 amide bonds. The number of nitrogens with two attached hydrogens (primary N) is 1. The number of benzene rings is 3. The molecule has 0 aliphatic carbocycles. The number of carbonyl (C=O) groups excluding carboxylic acids is 1. The van der Waals surface area contributed by atoms with Gasteiger partial charge in [-0.25, -0.2) is 8.42 Å². The third kappa shape index (κ3) is 4.40. The maximum atomic E-state index is 13.8. The minimum Gasteiger partial charge on any atom is -0.384 e. The minimum atomic E-state index is -3.37. The molecule has 0 bridgehead atoms. The molecular formula is C28H28N4O3S. The Balaban J connectivity index is 1.46. The Kier molecular flexibility index (Phi) is 6.14. The number of nitrogens with one attached hydrogen (secondary N) is 1. The minimum absolute atomic E-state index is 0.00115. The van der Waals surface area contributed by atoms with Crippen molar-refractivity contribution in [2.75, 3.05) is 29.1 Å². The molecule has 8 heteroatoms. The van der Waals surface area contributed by atoms with Gasteiger partial charge in [0.15, 0.2) is 9.84 Å². The summed E-state index contributed by atoms with van der Waals surface area (Å²) in [5, 5.41) is 7.78. The fourth-order valence-electron chi connectivity index (χ4n) is 5.08. The van der Waals surface area contributed by atoms with Crippen LogP contribution in [0.2, 0.25) is 0 Å². The van der Waals surface area contributed by atoms with E-state index in [-0.39, 0.29) is 16.6 Å². The summed E-state index contributed by atoms with van der Waals surface area (Å²) in [6.07, 6.45) is 5.18. The van der Waals surface area contributed by atoms with Gasteiger partial charge in [-0.05, 0) is 54.3 Å². The Labute approximate surface area is 211 Å². The van der Waals surface area contributed by atoms with Crippen molar-refractivity contribution in [3.8, 4) is 11.1 Å². The van der Waals surface area contributed by atoms with E-state index in [9.17, 15) is 13.2 Å². The highest BCUT2D eigenvalue weighted by Gasteiger charge is 2.38. The Bertz CT molecular complexity index is 1480. The van der Waals surface area contributed by atoms with Gasteiger partial charge >= 0.3 is 0 Å². The zero-order chi connectivity index (χ0) is 25.4. The van der Waals surface area contributed by atoms with Crippen LogP contribution in [0.4, 0.5) is 11.4 Å². The van der Waals surface area contributed by atoms with E-state index in [4.69, 9.17) is 11.1 Å². The Hall–Kier alpha value is -3.91. The molecule has 36 heavy (non-hydrogen) atoms. The van der Waals surface area contributed by atoms with Crippen LogP contribution in [0, 0.1) is 5.41 Å². The Morgan fingerprint density at radius 2 is 1.75 bits per heavy atom. The van der Waals surface area contributed by atoms with Crippen molar-refractivity contribution in [1.82, 2.24) is 0 Å². The van der Waals surface area contributed by atoms with E-state index in [2.05, 4.69) is 11.0 Å². The Morgan fingerprint density at radius 3 is 2.47 bits per heavy atom. The van der Waals surface area contributed by atoms with E-state index in [0.29, 0.717) is 17.7 Å². The third-order valence-corrected chi connectivity index (χ3v) is 7.98. The molecule has 1 saturated heterocycles. The van der Waals surface area contributed by atoms with E-state index >= 15 is 0 Å². The molecule has 7 nitrogen and oxygen atoms in total. The van der Waals surface area contributed by atoms with Crippen LogP contribution >= 0.6 is 0 Å². The second-order valence-corrected chi connectivity index (χ2v) is 11.2.